The third-order valence-electron chi connectivity index (χ3n) is 3.69. The number of fused-ring (bicyclic) bond motifs is 1. The highest BCUT2D eigenvalue weighted by Crippen LogP contribution is 2.36. The maximum absolute atomic E-state index is 6.38. The molecule has 0 aliphatic heterocycles. The fraction of sp³-hybridized carbons (Fsp3) is 0.533. The third-order valence-corrected chi connectivity index (χ3v) is 4.19. The Bertz CT molecular complexity index is 582. The Kier molecular flexibility index (Phi) is 4.12. The minimum Gasteiger partial charge on any atom is -0.323 e. The van der Waals surface area contributed by atoms with Crippen molar-refractivity contribution in [3.63, 3.8) is 0 Å². The lowest BCUT2D eigenvalue weighted by atomic mass is 9.87. The van der Waals surface area contributed by atoms with Crippen molar-refractivity contribution in [2.45, 2.75) is 40.2 Å². The number of aromatic nitrogens is 2. The Morgan fingerprint density at radius 3 is 2.58 bits per heavy atom. The summed E-state index contributed by atoms with van der Waals surface area (Å²) in [6.45, 7) is 8.89. The van der Waals surface area contributed by atoms with Crippen LogP contribution in [-0.2, 0) is 6.42 Å². The number of hydrogen-bond donors (Lipinski definition) is 0. The summed E-state index contributed by atoms with van der Waals surface area (Å²) in [6.07, 6.45) is 0.757. The van der Waals surface area contributed by atoms with Crippen molar-refractivity contribution in [1.29, 1.82) is 0 Å². The standard InChI is InChI=1S/C15H20Cl2N2/c1-10(15(2,3)4)19-13(8-9-16)18-12-7-5-6-11(17)14(12)19/h5-7,10H,8-9H2,1-4H3. The molecule has 2 rings (SSSR count). The summed E-state index contributed by atoms with van der Waals surface area (Å²) < 4.78 is 2.25. The number of hydrogen-bond acceptors (Lipinski definition) is 1. The zero-order valence-corrected chi connectivity index (χ0v) is 13.4. The summed E-state index contributed by atoms with van der Waals surface area (Å²) in [7, 11) is 0. The molecule has 0 fully saturated rings. The molecule has 1 atom stereocenters. The van der Waals surface area contributed by atoms with E-state index < -0.39 is 0 Å². The number of halogens is 2. The van der Waals surface area contributed by atoms with Gasteiger partial charge in [0.2, 0.25) is 0 Å². The lowest BCUT2D eigenvalue weighted by Gasteiger charge is -2.30. The van der Waals surface area contributed by atoms with Crippen molar-refractivity contribution in [3.8, 4) is 0 Å². The van der Waals surface area contributed by atoms with E-state index in [4.69, 9.17) is 28.2 Å². The molecule has 1 aromatic heterocycles. The average Bonchev–Trinajstić information content (AvgIpc) is 2.67. The molecule has 0 spiro atoms. The summed E-state index contributed by atoms with van der Waals surface area (Å²) >= 11 is 12.3. The number of alkyl halides is 1. The number of imidazole rings is 1. The number of para-hydroxylation sites is 1. The fourth-order valence-corrected chi connectivity index (χ4v) is 2.65. The van der Waals surface area contributed by atoms with Gasteiger partial charge in [-0.2, -0.15) is 0 Å². The van der Waals surface area contributed by atoms with Crippen molar-refractivity contribution in [1.82, 2.24) is 9.55 Å². The summed E-state index contributed by atoms with van der Waals surface area (Å²) in [6, 6.07) is 6.16. The molecule has 2 nitrogen and oxygen atoms in total. The van der Waals surface area contributed by atoms with Gasteiger partial charge in [-0.3, -0.25) is 0 Å². The second-order valence-corrected chi connectivity index (χ2v) is 6.77. The maximum Gasteiger partial charge on any atom is 0.111 e. The lowest BCUT2D eigenvalue weighted by Crippen LogP contribution is -2.23. The van der Waals surface area contributed by atoms with E-state index >= 15 is 0 Å². The average molecular weight is 299 g/mol. The van der Waals surface area contributed by atoms with Crippen LogP contribution in [0.25, 0.3) is 11.0 Å². The Hall–Kier alpha value is -0.730. The molecule has 1 aromatic carbocycles. The number of nitrogens with zero attached hydrogens (tertiary/aromatic N) is 2. The van der Waals surface area contributed by atoms with Gasteiger partial charge in [-0.1, -0.05) is 38.4 Å². The van der Waals surface area contributed by atoms with E-state index in [2.05, 4.69) is 32.3 Å². The molecule has 1 unspecified atom stereocenters. The van der Waals surface area contributed by atoms with Gasteiger partial charge in [0, 0.05) is 18.3 Å². The smallest absolute Gasteiger partial charge is 0.111 e. The minimum atomic E-state index is 0.133. The van der Waals surface area contributed by atoms with E-state index in [1.54, 1.807) is 0 Å². The molecule has 0 radical (unpaired) electrons. The molecule has 19 heavy (non-hydrogen) atoms. The van der Waals surface area contributed by atoms with E-state index in [0.29, 0.717) is 11.9 Å². The van der Waals surface area contributed by atoms with Gasteiger partial charge in [-0.15, -0.1) is 11.6 Å². The van der Waals surface area contributed by atoms with Gasteiger partial charge in [0.15, 0.2) is 0 Å². The zero-order valence-electron chi connectivity index (χ0n) is 11.9. The summed E-state index contributed by atoms with van der Waals surface area (Å²) in [5.41, 5.74) is 2.10. The summed E-state index contributed by atoms with van der Waals surface area (Å²) in [5, 5.41) is 0.752. The highest BCUT2D eigenvalue weighted by molar-refractivity contribution is 6.35. The van der Waals surface area contributed by atoms with E-state index in [0.717, 1.165) is 28.3 Å². The van der Waals surface area contributed by atoms with Crippen LogP contribution in [-0.4, -0.2) is 15.4 Å². The van der Waals surface area contributed by atoms with Gasteiger partial charge >= 0.3 is 0 Å². The Balaban J connectivity index is 2.71. The number of aryl methyl sites for hydroxylation is 1. The van der Waals surface area contributed by atoms with Gasteiger partial charge < -0.3 is 4.57 Å². The van der Waals surface area contributed by atoms with E-state index in [9.17, 15) is 0 Å². The molecule has 2 aromatic rings. The molecular weight excluding hydrogens is 279 g/mol. The number of benzene rings is 1. The Morgan fingerprint density at radius 2 is 2.00 bits per heavy atom. The molecule has 0 aliphatic rings. The monoisotopic (exact) mass is 298 g/mol. The van der Waals surface area contributed by atoms with Gasteiger partial charge in [0.05, 0.1) is 16.1 Å². The van der Waals surface area contributed by atoms with Crippen molar-refractivity contribution < 1.29 is 0 Å². The predicted molar refractivity (Wildman–Crippen MR) is 83.3 cm³/mol. The maximum atomic E-state index is 6.38. The molecule has 0 saturated carbocycles. The topological polar surface area (TPSA) is 17.8 Å². The van der Waals surface area contributed by atoms with E-state index in [1.807, 2.05) is 18.2 Å². The van der Waals surface area contributed by atoms with Crippen LogP contribution >= 0.6 is 23.2 Å². The van der Waals surface area contributed by atoms with Crippen LogP contribution in [0, 0.1) is 5.41 Å². The molecule has 0 N–H and O–H groups in total. The highest BCUT2D eigenvalue weighted by Gasteiger charge is 2.26. The normalized spacial score (nSPS) is 14.0. The number of rotatable bonds is 3. The van der Waals surface area contributed by atoms with Crippen LogP contribution in [0.4, 0.5) is 0 Å². The zero-order chi connectivity index (χ0) is 14.2. The summed E-state index contributed by atoms with van der Waals surface area (Å²) in [4.78, 5) is 4.69. The van der Waals surface area contributed by atoms with Crippen molar-refractivity contribution in [2.24, 2.45) is 5.41 Å². The fourth-order valence-electron chi connectivity index (χ4n) is 2.22. The van der Waals surface area contributed by atoms with Crippen molar-refractivity contribution >= 4 is 34.2 Å². The molecular formula is C15H20Cl2N2. The third kappa shape index (κ3) is 2.75. The van der Waals surface area contributed by atoms with Gasteiger partial charge in [0.1, 0.15) is 5.82 Å². The first-order valence-corrected chi connectivity index (χ1v) is 7.48. The van der Waals surface area contributed by atoms with Gasteiger partial charge in [-0.25, -0.2) is 4.98 Å². The molecule has 0 aliphatic carbocycles. The van der Waals surface area contributed by atoms with E-state index in [-0.39, 0.29) is 5.41 Å². The van der Waals surface area contributed by atoms with Crippen LogP contribution < -0.4 is 0 Å². The largest absolute Gasteiger partial charge is 0.323 e. The van der Waals surface area contributed by atoms with Crippen LogP contribution in [0.2, 0.25) is 5.02 Å². The quantitative estimate of drug-likeness (QED) is 0.723. The molecule has 4 heteroatoms. The molecule has 0 saturated heterocycles. The molecule has 0 bridgehead atoms. The van der Waals surface area contributed by atoms with Crippen LogP contribution in [0.5, 0.6) is 0 Å². The minimum absolute atomic E-state index is 0.133. The van der Waals surface area contributed by atoms with Crippen LogP contribution in [0.15, 0.2) is 18.2 Å². The van der Waals surface area contributed by atoms with Crippen LogP contribution in [0.3, 0.4) is 0 Å². The highest BCUT2D eigenvalue weighted by atomic mass is 35.5. The first-order valence-electron chi connectivity index (χ1n) is 6.57. The van der Waals surface area contributed by atoms with Gasteiger partial charge in [0.25, 0.3) is 0 Å². The first kappa shape index (κ1) is 14.7. The van der Waals surface area contributed by atoms with Gasteiger partial charge in [-0.05, 0) is 24.5 Å². The molecule has 0 amide bonds. The summed E-state index contributed by atoms with van der Waals surface area (Å²) in [5.74, 6) is 1.58. The Morgan fingerprint density at radius 1 is 1.32 bits per heavy atom. The van der Waals surface area contributed by atoms with Crippen LogP contribution in [0.1, 0.15) is 39.6 Å². The van der Waals surface area contributed by atoms with Crippen molar-refractivity contribution in [2.75, 3.05) is 5.88 Å². The van der Waals surface area contributed by atoms with E-state index in [1.165, 1.54) is 0 Å². The predicted octanol–water partition coefficient (Wildman–Crippen LogP) is 5.08. The first-order chi connectivity index (χ1) is 8.86. The second-order valence-electron chi connectivity index (χ2n) is 5.99. The lowest BCUT2D eigenvalue weighted by molar-refractivity contribution is 0.263. The molecule has 104 valence electrons. The molecule has 1 heterocycles. The second kappa shape index (κ2) is 5.34. The van der Waals surface area contributed by atoms with Crippen molar-refractivity contribution in [3.05, 3.63) is 29.0 Å². The Labute approximate surface area is 124 Å². The SMILES string of the molecule is CC(n1c(CCCl)nc2cccc(Cl)c21)C(C)(C)C.